The number of rotatable bonds is 7. The van der Waals surface area contributed by atoms with Gasteiger partial charge in [0.05, 0.1) is 0 Å². The molecule has 0 aliphatic heterocycles. The lowest BCUT2D eigenvalue weighted by Crippen LogP contribution is -1.91. The van der Waals surface area contributed by atoms with E-state index in [9.17, 15) is 0 Å². The lowest BCUT2D eigenvalue weighted by Gasteiger charge is -2.05. The van der Waals surface area contributed by atoms with E-state index in [1.165, 1.54) is 25.7 Å². The minimum atomic E-state index is 0.765. The third-order valence-electron chi connectivity index (χ3n) is 2.98. The highest BCUT2D eigenvalue weighted by atomic mass is 14.0. The smallest absolute Gasteiger partial charge is 0.0236 e. The normalized spacial score (nSPS) is 9.80. The van der Waals surface area contributed by atoms with Crippen LogP contribution < -0.4 is 0 Å². The summed E-state index contributed by atoms with van der Waals surface area (Å²) in [4.78, 5) is 0. The summed E-state index contributed by atoms with van der Waals surface area (Å²) in [5.41, 5.74) is 0. The van der Waals surface area contributed by atoms with E-state index < -0.39 is 0 Å². The molecule has 0 bridgehead atoms. The Labute approximate surface area is 131 Å². The molecule has 0 saturated heterocycles. The monoisotopic (exact) mass is 284 g/mol. The first-order valence-electron chi connectivity index (χ1n) is 9.13. The van der Waals surface area contributed by atoms with Gasteiger partial charge < -0.3 is 0 Å². The summed E-state index contributed by atoms with van der Waals surface area (Å²) in [6, 6.07) is 0. The average Bonchev–Trinajstić information content (AvgIpc) is 2.57. The maximum Gasteiger partial charge on any atom is -0.0236 e. The van der Waals surface area contributed by atoms with Gasteiger partial charge in [-0.05, 0) is 37.5 Å². The van der Waals surface area contributed by atoms with Gasteiger partial charge >= 0.3 is 0 Å². The molecular formula is C20H44. The minimum absolute atomic E-state index is 0.765. The molecular weight excluding hydrogens is 240 g/mol. The summed E-state index contributed by atoms with van der Waals surface area (Å²) < 4.78 is 0. The van der Waals surface area contributed by atoms with Crippen molar-refractivity contribution in [2.45, 2.75) is 94.9 Å². The van der Waals surface area contributed by atoms with Gasteiger partial charge in [-0.25, -0.2) is 0 Å². The fourth-order valence-corrected chi connectivity index (χ4v) is 1.56. The van der Waals surface area contributed by atoms with Crippen molar-refractivity contribution in [2.24, 2.45) is 11.8 Å². The number of allylic oxidation sites excluding steroid dienone is 4. The first-order valence-corrected chi connectivity index (χ1v) is 9.13. The molecule has 124 valence electrons. The quantitative estimate of drug-likeness (QED) is 0.415. The Morgan fingerprint density at radius 3 is 0.850 bits per heavy atom. The lowest BCUT2D eigenvalue weighted by atomic mass is 10.0. The predicted molar refractivity (Wildman–Crippen MR) is 100 cm³/mol. The van der Waals surface area contributed by atoms with Gasteiger partial charge in [0.1, 0.15) is 0 Å². The molecule has 0 spiro atoms. The molecule has 0 atom stereocenters. The van der Waals surface area contributed by atoms with Crippen molar-refractivity contribution in [1.82, 2.24) is 0 Å². The molecule has 0 unspecified atom stereocenters. The van der Waals surface area contributed by atoms with Crippen LogP contribution in [0.3, 0.4) is 0 Å². The van der Waals surface area contributed by atoms with Crippen LogP contribution in [-0.4, -0.2) is 0 Å². The van der Waals surface area contributed by atoms with E-state index in [-0.39, 0.29) is 0 Å². The Kier molecular flexibility index (Phi) is 43.1. The Morgan fingerprint density at radius 1 is 0.500 bits per heavy atom. The molecule has 0 heteroatoms. The van der Waals surface area contributed by atoms with Crippen molar-refractivity contribution < 1.29 is 0 Å². The van der Waals surface area contributed by atoms with Crippen molar-refractivity contribution >= 4 is 0 Å². The van der Waals surface area contributed by atoms with Crippen molar-refractivity contribution in [3.8, 4) is 0 Å². The van der Waals surface area contributed by atoms with Gasteiger partial charge in [0, 0.05) is 0 Å². The first-order chi connectivity index (χ1) is 9.78. The second-order valence-corrected chi connectivity index (χ2v) is 3.92. The molecule has 0 fully saturated rings. The molecule has 0 heterocycles. The van der Waals surface area contributed by atoms with Gasteiger partial charge in [0.2, 0.25) is 0 Å². The summed E-state index contributed by atoms with van der Waals surface area (Å²) in [6.07, 6.45) is 14.1. The SMILES string of the molecule is CC.CC.CC.CCC(/C=C\C=C/C(CC)CC)CC. The van der Waals surface area contributed by atoms with Gasteiger partial charge in [0.25, 0.3) is 0 Å². The summed E-state index contributed by atoms with van der Waals surface area (Å²) in [7, 11) is 0. The zero-order valence-corrected chi connectivity index (χ0v) is 16.3. The first kappa shape index (κ1) is 27.8. The fraction of sp³-hybridized carbons (Fsp3) is 0.800. The molecule has 0 aliphatic rings. The molecule has 0 nitrogen and oxygen atoms in total. The van der Waals surface area contributed by atoms with Gasteiger partial charge in [-0.2, -0.15) is 0 Å². The zero-order chi connectivity index (χ0) is 16.8. The van der Waals surface area contributed by atoms with Crippen LogP contribution in [0.4, 0.5) is 0 Å². The molecule has 0 aliphatic carbocycles. The summed E-state index contributed by atoms with van der Waals surface area (Å²) in [5.74, 6) is 1.53. The van der Waals surface area contributed by atoms with Crippen molar-refractivity contribution in [3.63, 3.8) is 0 Å². The number of hydrogen-bond acceptors (Lipinski definition) is 0. The molecule has 0 aromatic heterocycles. The zero-order valence-electron chi connectivity index (χ0n) is 16.3. The second kappa shape index (κ2) is 31.1. The van der Waals surface area contributed by atoms with E-state index in [0.717, 1.165) is 11.8 Å². The van der Waals surface area contributed by atoms with Gasteiger partial charge in [-0.3, -0.25) is 0 Å². The van der Waals surface area contributed by atoms with E-state index in [0.29, 0.717) is 0 Å². The van der Waals surface area contributed by atoms with Crippen LogP contribution in [0.2, 0.25) is 0 Å². The average molecular weight is 285 g/mol. The van der Waals surface area contributed by atoms with Gasteiger partial charge in [-0.1, -0.05) is 93.5 Å². The summed E-state index contributed by atoms with van der Waals surface area (Å²) in [5, 5.41) is 0. The van der Waals surface area contributed by atoms with Crippen LogP contribution >= 0.6 is 0 Å². The van der Waals surface area contributed by atoms with Gasteiger partial charge in [-0.15, -0.1) is 0 Å². The maximum absolute atomic E-state index is 2.33. The minimum Gasteiger partial charge on any atom is -0.0815 e. The summed E-state index contributed by atoms with van der Waals surface area (Å²) >= 11 is 0. The highest BCUT2D eigenvalue weighted by molar-refractivity contribution is 5.05. The van der Waals surface area contributed by atoms with Crippen molar-refractivity contribution in [1.29, 1.82) is 0 Å². The van der Waals surface area contributed by atoms with Crippen LogP contribution in [0.5, 0.6) is 0 Å². The third kappa shape index (κ3) is 22.6. The largest absolute Gasteiger partial charge is 0.0815 e. The molecule has 0 saturated carbocycles. The van der Waals surface area contributed by atoms with E-state index in [1.807, 2.05) is 41.5 Å². The molecule has 0 amide bonds. The van der Waals surface area contributed by atoms with Crippen molar-refractivity contribution in [2.75, 3.05) is 0 Å². The van der Waals surface area contributed by atoms with E-state index in [2.05, 4.69) is 52.0 Å². The van der Waals surface area contributed by atoms with Crippen LogP contribution in [0, 0.1) is 11.8 Å². The highest BCUT2D eigenvalue weighted by Crippen LogP contribution is 2.11. The van der Waals surface area contributed by atoms with Gasteiger partial charge in [0.15, 0.2) is 0 Å². The van der Waals surface area contributed by atoms with E-state index >= 15 is 0 Å². The van der Waals surface area contributed by atoms with Crippen LogP contribution in [0.1, 0.15) is 94.9 Å². The van der Waals surface area contributed by atoms with Crippen LogP contribution in [0.25, 0.3) is 0 Å². The van der Waals surface area contributed by atoms with E-state index in [1.54, 1.807) is 0 Å². The van der Waals surface area contributed by atoms with Crippen LogP contribution in [0.15, 0.2) is 24.3 Å². The van der Waals surface area contributed by atoms with Crippen molar-refractivity contribution in [3.05, 3.63) is 24.3 Å². The lowest BCUT2D eigenvalue weighted by molar-refractivity contribution is 0.603. The fourth-order valence-electron chi connectivity index (χ4n) is 1.56. The Hall–Kier alpha value is -0.520. The molecule has 0 N–H and O–H groups in total. The maximum atomic E-state index is 2.33. The molecule has 0 rings (SSSR count). The predicted octanol–water partition coefficient (Wildman–Crippen LogP) is 8.05. The highest BCUT2D eigenvalue weighted by Gasteiger charge is 1.96. The Morgan fingerprint density at radius 2 is 0.700 bits per heavy atom. The second-order valence-electron chi connectivity index (χ2n) is 3.92. The Balaban J connectivity index is -0.000000187. The molecule has 0 aromatic carbocycles. The van der Waals surface area contributed by atoms with E-state index in [4.69, 9.17) is 0 Å². The molecule has 0 aromatic rings. The molecule has 20 heavy (non-hydrogen) atoms. The topological polar surface area (TPSA) is 0 Å². The number of hydrogen-bond donors (Lipinski definition) is 0. The Bertz CT molecular complexity index is 137. The molecule has 0 radical (unpaired) electrons. The third-order valence-corrected chi connectivity index (χ3v) is 2.98. The standard InChI is InChI=1S/C14H26.3C2H6/c1-5-13(6-2)11-9-10-12-14(7-3)8-4;3*1-2/h9-14H,5-8H2,1-4H3;3*1-2H3/b11-9-,12-10-;;;. The summed E-state index contributed by atoms with van der Waals surface area (Å²) in [6.45, 7) is 21.0. The van der Waals surface area contributed by atoms with Crippen LogP contribution in [-0.2, 0) is 0 Å².